The maximum absolute atomic E-state index is 12.8. The first-order valence-electron chi connectivity index (χ1n) is 8.30. The molecule has 0 radical (unpaired) electrons. The molecule has 134 valence electrons. The van der Waals surface area contributed by atoms with Crippen molar-refractivity contribution in [2.24, 2.45) is 0 Å². The van der Waals surface area contributed by atoms with Crippen molar-refractivity contribution in [1.29, 1.82) is 0 Å². The van der Waals surface area contributed by atoms with Crippen LogP contribution < -0.4 is 4.90 Å². The van der Waals surface area contributed by atoms with E-state index >= 15 is 0 Å². The molecule has 24 heavy (non-hydrogen) atoms. The van der Waals surface area contributed by atoms with E-state index in [1.165, 1.54) is 12.1 Å². The highest BCUT2D eigenvalue weighted by atomic mass is 19.4. The van der Waals surface area contributed by atoms with E-state index in [0.29, 0.717) is 51.4 Å². The molecule has 0 bridgehead atoms. The summed E-state index contributed by atoms with van der Waals surface area (Å²) in [5, 5.41) is 10.6. The number of rotatable bonds is 3. The van der Waals surface area contributed by atoms with Crippen molar-refractivity contribution in [2.45, 2.75) is 24.6 Å². The van der Waals surface area contributed by atoms with Gasteiger partial charge >= 0.3 is 6.18 Å². The van der Waals surface area contributed by atoms with Crippen molar-refractivity contribution in [3.8, 4) is 0 Å². The van der Waals surface area contributed by atoms with Crippen molar-refractivity contribution in [2.75, 3.05) is 50.8 Å². The first kappa shape index (κ1) is 17.5. The molecule has 7 heteroatoms. The Labute approximate surface area is 139 Å². The van der Waals surface area contributed by atoms with E-state index in [2.05, 4.69) is 4.90 Å². The molecule has 2 aliphatic heterocycles. The molecule has 2 heterocycles. The smallest absolute Gasteiger partial charge is 0.388 e. The molecule has 0 aliphatic carbocycles. The Hall–Kier alpha value is -1.31. The highest BCUT2D eigenvalue weighted by molar-refractivity contribution is 5.49. The largest absolute Gasteiger partial charge is 0.416 e. The van der Waals surface area contributed by atoms with Crippen LogP contribution in [0.2, 0.25) is 0 Å². The van der Waals surface area contributed by atoms with Crippen molar-refractivity contribution >= 4 is 5.69 Å². The molecule has 0 saturated carbocycles. The van der Waals surface area contributed by atoms with E-state index in [4.69, 9.17) is 4.74 Å². The number of ether oxygens (including phenoxy) is 1. The standard InChI is InChI=1S/C17H23F3N2O2/c18-17(19,20)14-2-1-3-15(12-14)22-8-6-21(7-9-22)13-16(23)4-10-24-11-5-16/h1-3,12,23H,4-11,13H2. The first-order chi connectivity index (χ1) is 11.4. The maximum Gasteiger partial charge on any atom is 0.416 e. The third-order valence-electron chi connectivity index (χ3n) is 4.85. The van der Waals surface area contributed by atoms with Gasteiger partial charge < -0.3 is 14.7 Å². The summed E-state index contributed by atoms with van der Waals surface area (Å²) >= 11 is 0. The van der Waals surface area contributed by atoms with E-state index in [9.17, 15) is 18.3 Å². The maximum atomic E-state index is 12.8. The van der Waals surface area contributed by atoms with Crippen LogP contribution in [-0.2, 0) is 10.9 Å². The number of hydrogen-bond acceptors (Lipinski definition) is 4. The number of piperazine rings is 1. The molecule has 1 aromatic rings. The van der Waals surface area contributed by atoms with Crippen molar-refractivity contribution < 1.29 is 23.0 Å². The van der Waals surface area contributed by atoms with Crippen LogP contribution in [0.15, 0.2) is 24.3 Å². The molecule has 0 amide bonds. The molecule has 1 N–H and O–H groups in total. The lowest BCUT2D eigenvalue weighted by molar-refractivity contribution is -0.137. The minimum Gasteiger partial charge on any atom is -0.388 e. The Morgan fingerprint density at radius 3 is 2.38 bits per heavy atom. The lowest BCUT2D eigenvalue weighted by Gasteiger charge is -2.41. The minimum atomic E-state index is -4.32. The second-order valence-electron chi connectivity index (χ2n) is 6.65. The fourth-order valence-corrected chi connectivity index (χ4v) is 3.37. The number of anilines is 1. The van der Waals surface area contributed by atoms with Gasteiger partial charge in [-0.2, -0.15) is 13.2 Å². The van der Waals surface area contributed by atoms with Gasteiger partial charge in [0, 0.05) is 64.5 Å². The van der Waals surface area contributed by atoms with Crippen LogP contribution in [0.3, 0.4) is 0 Å². The number of benzene rings is 1. The average molecular weight is 344 g/mol. The summed E-state index contributed by atoms with van der Waals surface area (Å²) in [7, 11) is 0. The van der Waals surface area contributed by atoms with Crippen LogP contribution in [0.5, 0.6) is 0 Å². The summed E-state index contributed by atoms with van der Waals surface area (Å²) in [6.45, 7) is 4.56. The van der Waals surface area contributed by atoms with E-state index in [0.717, 1.165) is 19.2 Å². The van der Waals surface area contributed by atoms with Crippen LogP contribution in [0.25, 0.3) is 0 Å². The van der Waals surface area contributed by atoms with Gasteiger partial charge in [-0.05, 0) is 18.2 Å². The Morgan fingerprint density at radius 2 is 1.75 bits per heavy atom. The summed E-state index contributed by atoms with van der Waals surface area (Å²) in [5.41, 5.74) is -0.704. The van der Waals surface area contributed by atoms with Crippen LogP contribution >= 0.6 is 0 Å². The second kappa shape index (κ2) is 6.90. The predicted molar refractivity (Wildman–Crippen MR) is 85.1 cm³/mol. The SMILES string of the molecule is OC1(CN2CCN(c3cccc(C(F)(F)F)c3)CC2)CCOCC1. The molecule has 0 aromatic heterocycles. The van der Waals surface area contributed by atoms with E-state index in [-0.39, 0.29) is 0 Å². The molecular formula is C17H23F3N2O2. The molecule has 0 atom stereocenters. The van der Waals surface area contributed by atoms with Crippen molar-refractivity contribution in [3.05, 3.63) is 29.8 Å². The molecule has 2 aliphatic rings. The van der Waals surface area contributed by atoms with Gasteiger partial charge in [0.15, 0.2) is 0 Å². The lowest BCUT2D eigenvalue weighted by atomic mass is 9.93. The van der Waals surface area contributed by atoms with Crippen molar-refractivity contribution in [1.82, 2.24) is 4.90 Å². The molecular weight excluding hydrogens is 321 g/mol. The topological polar surface area (TPSA) is 35.9 Å². The number of halogens is 3. The Bertz CT molecular complexity index is 551. The van der Waals surface area contributed by atoms with Gasteiger partial charge in [0.05, 0.1) is 11.2 Å². The van der Waals surface area contributed by atoms with Crippen LogP contribution in [0, 0.1) is 0 Å². The third kappa shape index (κ3) is 4.20. The fourth-order valence-electron chi connectivity index (χ4n) is 3.37. The van der Waals surface area contributed by atoms with Crippen LogP contribution in [0.4, 0.5) is 18.9 Å². The van der Waals surface area contributed by atoms with Gasteiger partial charge in [-0.1, -0.05) is 6.07 Å². The molecule has 1 aromatic carbocycles. The lowest BCUT2D eigenvalue weighted by Crippen LogP contribution is -2.53. The molecule has 3 rings (SSSR count). The molecule has 4 nitrogen and oxygen atoms in total. The van der Waals surface area contributed by atoms with Gasteiger partial charge in [0.1, 0.15) is 0 Å². The number of hydrogen-bond donors (Lipinski definition) is 1. The number of aliphatic hydroxyl groups is 1. The van der Waals surface area contributed by atoms with E-state index in [1.807, 2.05) is 4.90 Å². The fraction of sp³-hybridized carbons (Fsp3) is 0.647. The van der Waals surface area contributed by atoms with Crippen LogP contribution in [0.1, 0.15) is 18.4 Å². The summed E-state index contributed by atoms with van der Waals surface area (Å²) in [6.07, 6.45) is -3.04. The van der Waals surface area contributed by atoms with E-state index < -0.39 is 17.3 Å². The zero-order chi connectivity index (χ0) is 17.2. The highest BCUT2D eigenvalue weighted by Gasteiger charge is 2.34. The Kier molecular flexibility index (Phi) is 5.03. The number of nitrogens with zero attached hydrogens (tertiary/aromatic N) is 2. The first-order valence-corrected chi connectivity index (χ1v) is 8.30. The Balaban J connectivity index is 1.57. The summed E-state index contributed by atoms with van der Waals surface area (Å²) in [4.78, 5) is 4.16. The highest BCUT2D eigenvalue weighted by Crippen LogP contribution is 2.32. The second-order valence-corrected chi connectivity index (χ2v) is 6.65. The molecule has 2 saturated heterocycles. The van der Waals surface area contributed by atoms with E-state index in [1.54, 1.807) is 6.07 Å². The monoisotopic (exact) mass is 344 g/mol. The van der Waals surface area contributed by atoms with Crippen LogP contribution in [-0.4, -0.2) is 61.5 Å². The molecule has 0 spiro atoms. The van der Waals surface area contributed by atoms with Gasteiger partial charge in [0.25, 0.3) is 0 Å². The van der Waals surface area contributed by atoms with Gasteiger partial charge in [-0.3, -0.25) is 4.90 Å². The van der Waals surface area contributed by atoms with Gasteiger partial charge in [-0.15, -0.1) is 0 Å². The molecule has 2 fully saturated rings. The average Bonchev–Trinajstić information content (AvgIpc) is 2.55. The summed E-state index contributed by atoms with van der Waals surface area (Å²) < 4.78 is 43.8. The summed E-state index contributed by atoms with van der Waals surface area (Å²) in [5.74, 6) is 0. The molecule has 0 unspecified atom stereocenters. The normalized spacial score (nSPS) is 22.6. The van der Waals surface area contributed by atoms with Gasteiger partial charge in [-0.25, -0.2) is 0 Å². The summed E-state index contributed by atoms with van der Waals surface area (Å²) in [6, 6.07) is 5.48. The number of alkyl halides is 3. The zero-order valence-electron chi connectivity index (χ0n) is 13.6. The van der Waals surface area contributed by atoms with Gasteiger partial charge in [0.2, 0.25) is 0 Å². The predicted octanol–water partition coefficient (Wildman–Crippen LogP) is 2.37. The zero-order valence-corrected chi connectivity index (χ0v) is 13.6. The number of β-amino-alcohol motifs (C(OH)–C–C–N with tert-alkyl or cyclic N) is 1. The Morgan fingerprint density at radius 1 is 1.08 bits per heavy atom. The third-order valence-corrected chi connectivity index (χ3v) is 4.85. The van der Waals surface area contributed by atoms with Crippen molar-refractivity contribution in [3.63, 3.8) is 0 Å². The quantitative estimate of drug-likeness (QED) is 0.913. The minimum absolute atomic E-state index is 0.584.